The summed E-state index contributed by atoms with van der Waals surface area (Å²) in [5.41, 5.74) is 0. The molecule has 0 bridgehead atoms. The van der Waals surface area contributed by atoms with Gasteiger partial charge in [0.05, 0.1) is 0 Å². The molecule has 0 aromatic carbocycles. The maximum Gasteiger partial charge on any atom is -0.00187 e. The van der Waals surface area contributed by atoms with Crippen molar-refractivity contribution in [2.75, 3.05) is 19.6 Å². The molecule has 1 heteroatoms. The Morgan fingerprint density at radius 1 is 0.434 bits per heavy atom. The number of unbranched alkanes of at least 4 members (excludes halogenated alkanes) is 24. The molecule has 0 aliphatic heterocycles. The predicted molar refractivity (Wildman–Crippen MR) is 248 cm³/mol. The third-order valence-electron chi connectivity index (χ3n) is 11.5. The molecule has 0 saturated heterocycles. The molecule has 1 aliphatic carbocycles. The lowest BCUT2D eigenvalue weighted by Crippen LogP contribution is -2.27. The highest BCUT2D eigenvalue weighted by Crippen LogP contribution is 2.36. The Balaban J connectivity index is -0.00000101. The van der Waals surface area contributed by atoms with E-state index in [1.54, 1.807) is 6.92 Å². The van der Waals surface area contributed by atoms with Gasteiger partial charge in [-0.05, 0) is 75.9 Å². The van der Waals surface area contributed by atoms with Crippen LogP contribution in [0.3, 0.4) is 0 Å². The van der Waals surface area contributed by atoms with Crippen LogP contribution in [0.2, 0.25) is 0 Å². The minimum absolute atomic E-state index is 0.883. The lowest BCUT2D eigenvalue weighted by molar-refractivity contribution is 0.260. The van der Waals surface area contributed by atoms with Crippen molar-refractivity contribution in [2.24, 2.45) is 23.7 Å². The van der Waals surface area contributed by atoms with Crippen molar-refractivity contribution in [1.29, 1.82) is 0 Å². The zero-order valence-electron chi connectivity index (χ0n) is 39.3. The minimum Gasteiger partial charge on any atom is -0.303 e. The molecular formula is C52H107N. The molecule has 1 aliphatic rings. The molecule has 0 spiro atoms. The van der Waals surface area contributed by atoms with Gasteiger partial charge in [0.25, 0.3) is 0 Å². The van der Waals surface area contributed by atoms with E-state index in [1.165, 1.54) is 232 Å². The molecule has 1 fully saturated rings. The van der Waals surface area contributed by atoms with Crippen molar-refractivity contribution in [3.05, 3.63) is 0 Å². The van der Waals surface area contributed by atoms with Gasteiger partial charge in [0, 0.05) is 0 Å². The molecule has 0 amide bonds. The van der Waals surface area contributed by atoms with Crippen LogP contribution in [-0.4, -0.2) is 24.5 Å². The second-order valence-electron chi connectivity index (χ2n) is 18.0. The van der Waals surface area contributed by atoms with E-state index in [9.17, 15) is 0 Å². The van der Waals surface area contributed by atoms with Gasteiger partial charge in [0.2, 0.25) is 0 Å². The molecule has 0 radical (unpaired) electrons. The molecule has 1 nitrogen and oxygen atoms in total. The van der Waals surface area contributed by atoms with E-state index in [0.29, 0.717) is 0 Å². The molecule has 0 N–H and O–H groups in total. The number of terminal acetylenes is 1. The topological polar surface area (TPSA) is 3.24 Å². The number of hydrogen-bond donors (Lipinski definition) is 0. The standard InChI is InChI=1S/C32H67N.C12H26.C5H10.C3H4/c1-6-8-9-10-11-12-16-21-26-32(5)27-22-17-14-19-24-30-33(28-7-2)29-23-18-13-15-20-25-31(3)4;1-3-5-7-9-11-12-10-8-6-4-2;1-4-3-5(4)2;1-3-2/h31-32H,6-30H2,1-5H3;3-12H2,1-2H3;4-5H,3H2,1-2H3;1H,2H3. The Labute approximate surface area is 340 Å². The van der Waals surface area contributed by atoms with Gasteiger partial charge >= 0.3 is 0 Å². The van der Waals surface area contributed by atoms with E-state index in [-0.39, 0.29) is 0 Å². The Hall–Kier alpha value is -0.480. The first-order valence-electron chi connectivity index (χ1n) is 24.8. The van der Waals surface area contributed by atoms with E-state index in [0.717, 1.165) is 23.7 Å². The summed E-state index contributed by atoms with van der Waals surface area (Å²) < 4.78 is 0. The summed E-state index contributed by atoms with van der Waals surface area (Å²) in [4.78, 5) is 2.75. The zero-order chi connectivity index (χ0) is 40.0. The van der Waals surface area contributed by atoms with Crippen molar-refractivity contribution < 1.29 is 0 Å². The largest absolute Gasteiger partial charge is 0.303 e. The number of nitrogens with zero attached hydrogens (tertiary/aromatic N) is 1. The fourth-order valence-electron chi connectivity index (χ4n) is 7.27. The molecule has 0 aromatic rings. The quantitative estimate of drug-likeness (QED) is 0.0456. The smallest absolute Gasteiger partial charge is 0.00187 e. The summed E-state index contributed by atoms with van der Waals surface area (Å²) in [7, 11) is 0. The van der Waals surface area contributed by atoms with E-state index >= 15 is 0 Å². The third-order valence-corrected chi connectivity index (χ3v) is 11.5. The molecule has 320 valence electrons. The second-order valence-corrected chi connectivity index (χ2v) is 18.0. The van der Waals surface area contributed by atoms with Gasteiger partial charge in [-0.1, -0.05) is 249 Å². The summed E-state index contributed by atoms with van der Waals surface area (Å²) in [6.45, 7) is 26.6. The average Bonchev–Trinajstić information content (AvgIpc) is 3.80. The predicted octanol–water partition coefficient (Wildman–Crippen LogP) is 18.4. The van der Waals surface area contributed by atoms with Gasteiger partial charge in [-0.15, -0.1) is 12.3 Å². The highest BCUT2D eigenvalue weighted by Gasteiger charge is 2.26. The lowest BCUT2D eigenvalue weighted by atomic mass is 9.96. The molecule has 0 aromatic heterocycles. The van der Waals surface area contributed by atoms with Gasteiger partial charge in [0.15, 0.2) is 0 Å². The van der Waals surface area contributed by atoms with Gasteiger partial charge in [-0.25, -0.2) is 0 Å². The number of hydrogen-bond acceptors (Lipinski definition) is 1. The van der Waals surface area contributed by atoms with Crippen LogP contribution in [-0.2, 0) is 0 Å². The van der Waals surface area contributed by atoms with Crippen LogP contribution < -0.4 is 0 Å². The first-order valence-corrected chi connectivity index (χ1v) is 24.8. The van der Waals surface area contributed by atoms with Crippen LogP contribution in [0.15, 0.2) is 0 Å². The molecule has 3 atom stereocenters. The average molecular weight is 746 g/mol. The van der Waals surface area contributed by atoms with Gasteiger partial charge in [0.1, 0.15) is 0 Å². The van der Waals surface area contributed by atoms with Crippen molar-refractivity contribution in [1.82, 2.24) is 4.90 Å². The van der Waals surface area contributed by atoms with Crippen LogP contribution >= 0.6 is 0 Å². The van der Waals surface area contributed by atoms with E-state index in [4.69, 9.17) is 0 Å². The van der Waals surface area contributed by atoms with Gasteiger partial charge in [-0.2, -0.15) is 0 Å². The summed E-state index contributed by atoms with van der Waals surface area (Å²) in [6, 6.07) is 0. The highest BCUT2D eigenvalue weighted by molar-refractivity contribution is 4.76. The third kappa shape index (κ3) is 55.9. The molecular weight excluding hydrogens is 639 g/mol. The number of rotatable bonds is 36. The Kier molecular flexibility index (Phi) is 53.1. The van der Waals surface area contributed by atoms with Crippen LogP contribution in [0.4, 0.5) is 0 Å². The minimum atomic E-state index is 0.883. The SMILES string of the molecule is C#CC.CC1CC1C.CCCCCCCCCCC(C)CCCCCCCN(CCC)CCCCCCCC(C)C.CCCCCCCCCCCC. The summed E-state index contributed by atoms with van der Waals surface area (Å²) in [5, 5.41) is 0. The second kappa shape index (κ2) is 49.5. The fraction of sp³-hybridized carbons (Fsp3) is 0.962. The normalized spacial score (nSPS) is 15.2. The molecule has 53 heavy (non-hydrogen) atoms. The fourth-order valence-corrected chi connectivity index (χ4v) is 7.27. The van der Waals surface area contributed by atoms with Gasteiger partial charge in [-0.3, -0.25) is 0 Å². The van der Waals surface area contributed by atoms with Crippen LogP contribution in [0.1, 0.15) is 281 Å². The molecule has 3 unspecified atom stereocenters. The first kappa shape index (κ1) is 56.8. The van der Waals surface area contributed by atoms with E-state index in [2.05, 4.69) is 79.6 Å². The van der Waals surface area contributed by atoms with E-state index in [1.807, 2.05) is 0 Å². The summed E-state index contributed by atoms with van der Waals surface area (Å²) in [6.07, 6.45) is 52.3. The summed E-state index contributed by atoms with van der Waals surface area (Å²) >= 11 is 0. The van der Waals surface area contributed by atoms with Crippen molar-refractivity contribution in [2.45, 2.75) is 281 Å². The van der Waals surface area contributed by atoms with E-state index < -0.39 is 0 Å². The van der Waals surface area contributed by atoms with Crippen LogP contribution in [0.25, 0.3) is 0 Å². The Morgan fingerprint density at radius 2 is 0.698 bits per heavy atom. The zero-order valence-corrected chi connectivity index (χ0v) is 39.3. The highest BCUT2D eigenvalue weighted by atomic mass is 15.1. The van der Waals surface area contributed by atoms with Crippen molar-refractivity contribution in [3.8, 4) is 12.3 Å². The summed E-state index contributed by atoms with van der Waals surface area (Å²) in [5.74, 6) is 6.19. The van der Waals surface area contributed by atoms with Crippen molar-refractivity contribution in [3.63, 3.8) is 0 Å². The molecule has 1 saturated carbocycles. The Bertz CT molecular complexity index is 645. The maximum atomic E-state index is 4.60. The lowest BCUT2D eigenvalue weighted by Gasteiger charge is -2.21. The monoisotopic (exact) mass is 746 g/mol. The van der Waals surface area contributed by atoms with Crippen LogP contribution in [0.5, 0.6) is 0 Å². The first-order chi connectivity index (χ1) is 25.7. The molecule has 0 heterocycles. The Morgan fingerprint density at radius 3 is 0.962 bits per heavy atom. The van der Waals surface area contributed by atoms with Gasteiger partial charge < -0.3 is 4.90 Å². The van der Waals surface area contributed by atoms with Crippen molar-refractivity contribution >= 4 is 0 Å². The van der Waals surface area contributed by atoms with Crippen LogP contribution in [0, 0.1) is 36.0 Å². The maximum absolute atomic E-state index is 4.60. The molecule has 1 rings (SSSR count).